The molecule has 0 amide bonds. The smallest absolute Gasteiger partial charge is 0.207 e. The number of H-pyrrole nitrogens is 1. The fourth-order valence-corrected chi connectivity index (χ4v) is 4.14. The Morgan fingerprint density at radius 2 is 2.09 bits per heavy atom. The normalized spacial score (nSPS) is 16.0. The standard InChI is InChI=1S/C14H19N5O2S/c1-10(14-15-17-18-16-14)9-19(2)22(20,21)13-7-6-11-4-3-5-12(11)8-13/h6-8,10H,3-5,9H2,1-2H3,(H,15,16,17,18)/t10-/m0/s1. The van der Waals surface area contributed by atoms with Crippen molar-refractivity contribution >= 4 is 10.0 Å². The Balaban J connectivity index is 1.80. The predicted molar refractivity (Wildman–Crippen MR) is 80.9 cm³/mol. The second kappa shape index (κ2) is 5.77. The van der Waals surface area contributed by atoms with Crippen LogP contribution in [0.2, 0.25) is 0 Å². The summed E-state index contributed by atoms with van der Waals surface area (Å²) in [6.07, 6.45) is 3.10. The summed E-state index contributed by atoms with van der Waals surface area (Å²) in [7, 11) is -1.92. The van der Waals surface area contributed by atoms with Gasteiger partial charge in [0.2, 0.25) is 10.0 Å². The molecule has 1 aliphatic rings. The van der Waals surface area contributed by atoms with E-state index in [1.165, 1.54) is 9.87 Å². The number of aryl methyl sites for hydroxylation is 2. The van der Waals surface area contributed by atoms with Gasteiger partial charge in [0.1, 0.15) is 0 Å². The molecule has 1 aliphatic carbocycles. The van der Waals surface area contributed by atoms with Gasteiger partial charge in [0, 0.05) is 19.5 Å². The van der Waals surface area contributed by atoms with E-state index in [1.807, 2.05) is 19.1 Å². The van der Waals surface area contributed by atoms with Crippen molar-refractivity contribution in [3.05, 3.63) is 35.2 Å². The van der Waals surface area contributed by atoms with E-state index in [2.05, 4.69) is 20.6 Å². The SMILES string of the molecule is C[C@@H](CN(C)S(=O)(=O)c1ccc2c(c1)CCC2)c1nn[nH]n1. The Morgan fingerprint density at radius 3 is 2.82 bits per heavy atom. The molecule has 118 valence electrons. The number of aromatic nitrogens is 4. The van der Waals surface area contributed by atoms with Gasteiger partial charge in [-0.3, -0.25) is 0 Å². The predicted octanol–water partition coefficient (Wildman–Crippen LogP) is 1.11. The van der Waals surface area contributed by atoms with Crippen LogP contribution in [0.1, 0.15) is 36.2 Å². The second-order valence-corrected chi connectivity index (χ2v) is 7.79. The summed E-state index contributed by atoms with van der Waals surface area (Å²) in [6.45, 7) is 2.18. The topological polar surface area (TPSA) is 91.8 Å². The highest BCUT2D eigenvalue weighted by atomic mass is 32.2. The van der Waals surface area contributed by atoms with Gasteiger partial charge in [-0.2, -0.15) is 5.21 Å². The zero-order valence-corrected chi connectivity index (χ0v) is 13.5. The molecule has 1 heterocycles. The van der Waals surface area contributed by atoms with Crippen LogP contribution < -0.4 is 0 Å². The Morgan fingerprint density at radius 1 is 1.32 bits per heavy atom. The van der Waals surface area contributed by atoms with Crippen molar-refractivity contribution in [3.63, 3.8) is 0 Å². The average Bonchev–Trinajstić information content (AvgIpc) is 3.17. The Bertz CT molecular complexity index is 758. The van der Waals surface area contributed by atoms with Crippen LogP contribution in [0.15, 0.2) is 23.1 Å². The lowest BCUT2D eigenvalue weighted by molar-refractivity contribution is 0.439. The summed E-state index contributed by atoms with van der Waals surface area (Å²) < 4.78 is 26.7. The summed E-state index contributed by atoms with van der Waals surface area (Å²) in [5.41, 5.74) is 2.42. The van der Waals surface area contributed by atoms with Crippen molar-refractivity contribution in [1.82, 2.24) is 24.9 Å². The first kappa shape index (κ1) is 15.1. The molecule has 0 aliphatic heterocycles. The van der Waals surface area contributed by atoms with Crippen molar-refractivity contribution in [2.45, 2.75) is 37.0 Å². The third-order valence-electron chi connectivity index (χ3n) is 4.11. The van der Waals surface area contributed by atoms with E-state index in [4.69, 9.17) is 0 Å². The number of sulfonamides is 1. The number of rotatable bonds is 5. The molecule has 7 nitrogen and oxygen atoms in total. The molecule has 0 unspecified atom stereocenters. The summed E-state index contributed by atoms with van der Waals surface area (Å²) in [5.74, 6) is 0.379. The maximum atomic E-state index is 12.7. The van der Waals surface area contributed by atoms with Gasteiger partial charge in [-0.25, -0.2) is 12.7 Å². The van der Waals surface area contributed by atoms with Crippen LogP contribution in [-0.4, -0.2) is 46.9 Å². The summed E-state index contributed by atoms with van der Waals surface area (Å²) in [5, 5.41) is 13.7. The number of fused-ring (bicyclic) bond motifs is 1. The van der Waals surface area contributed by atoms with Crippen LogP contribution >= 0.6 is 0 Å². The van der Waals surface area contributed by atoms with Crippen LogP contribution in [0, 0.1) is 0 Å². The quantitative estimate of drug-likeness (QED) is 0.890. The number of benzene rings is 1. The maximum Gasteiger partial charge on any atom is 0.242 e. The molecular weight excluding hydrogens is 302 g/mol. The Labute approximate surface area is 129 Å². The molecule has 0 bridgehead atoms. The van der Waals surface area contributed by atoms with E-state index in [0.29, 0.717) is 17.3 Å². The first-order valence-electron chi connectivity index (χ1n) is 7.30. The van der Waals surface area contributed by atoms with E-state index < -0.39 is 10.0 Å². The lowest BCUT2D eigenvalue weighted by Crippen LogP contribution is -2.31. The molecule has 0 saturated carbocycles. The molecule has 1 aromatic carbocycles. The number of nitrogens with zero attached hydrogens (tertiary/aromatic N) is 4. The Hall–Kier alpha value is -1.80. The van der Waals surface area contributed by atoms with Crippen LogP contribution in [0.4, 0.5) is 0 Å². The molecule has 1 aromatic heterocycles. The summed E-state index contributed by atoms with van der Waals surface area (Å²) >= 11 is 0. The molecule has 0 spiro atoms. The number of hydrogen-bond acceptors (Lipinski definition) is 5. The average molecular weight is 321 g/mol. The summed E-state index contributed by atoms with van der Waals surface area (Å²) in [6, 6.07) is 5.45. The van der Waals surface area contributed by atoms with Gasteiger partial charge in [0.05, 0.1) is 4.90 Å². The van der Waals surface area contributed by atoms with Crippen molar-refractivity contribution in [2.75, 3.05) is 13.6 Å². The maximum absolute atomic E-state index is 12.7. The molecule has 3 rings (SSSR count). The van der Waals surface area contributed by atoms with Gasteiger partial charge >= 0.3 is 0 Å². The molecule has 0 saturated heterocycles. The number of hydrogen-bond donors (Lipinski definition) is 1. The van der Waals surface area contributed by atoms with Gasteiger partial charge in [0.25, 0.3) is 0 Å². The minimum Gasteiger partial charge on any atom is -0.207 e. The van der Waals surface area contributed by atoms with E-state index in [-0.39, 0.29) is 5.92 Å². The highest BCUT2D eigenvalue weighted by Gasteiger charge is 2.25. The minimum atomic E-state index is -3.50. The number of likely N-dealkylation sites (N-methyl/N-ethyl adjacent to an activating group) is 1. The van der Waals surface area contributed by atoms with Gasteiger partial charge in [0.15, 0.2) is 5.82 Å². The summed E-state index contributed by atoms with van der Waals surface area (Å²) in [4.78, 5) is 0.357. The molecule has 1 atom stereocenters. The van der Waals surface area contributed by atoms with Crippen molar-refractivity contribution < 1.29 is 8.42 Å². The third-order valence-corrected chi connectivity index (χ3v) is 5.93. The van der Waals surface area contributed by atoms with Gasteiger partial charge in [-0.15, -0.1) is 10.2 Å². The molecule has 1 N–H and O–H groups in total. The van der Waals surface area contributed by atoms with E-state index in [1.54, 1.807) is 13.1 Å². The number of tetrazole rings is 1. The lowest BCUT2D eigenvalue weighted by Gasteiger charge is -2.20. The van der Waals surface area contributed by atoms with Crippen LogP contribution in [0.3, 0.4) is 0 Å². The largest absolute Gasteiger partial charge is 0.242 e. The fraction of sp³-hybridized carbons (Fsp3) is 0.500. The van der Waals surface area contributed by atoms with Crippen LogP contribution in [-0.2, 0) is 22.9 Å². The second-order valence-electron chi connectivity index (χ2n) is 5.74. The van der Waals surface area contributed by atoms with E-state index in [0.717, 1.165) is 24.8 Å². The van der Waals surface area contributed by atoms with Gasteiger partial charge in [-0.05, 0) is 42.5 Å². The minimum absolute atomic E-state index is 0.132. The first-order valence-corrected chi connectivity index (χ1v) is 8.74. The van der Waals surface area contributed by atoms with E-state index in [9.17, 15) is 8.42 Å². The van der Waals surface area contributed by atoms with Crippen molar-refractivity contribution in [3.8, 4) is 0 Å². The van der Waals surface area contributed by atoms with Crippen molar-refractivity contribution in [2.24, 2.45) is 0 Å². The monoisotopic (exact) mass is 321 g/mol. The molecule has 22 heavy (non-hydrogen) atoms. The molecular formula is C14H19N5O2S. The van der Waals surface area contributed by atoms with Crippen molar-refractivity contribution in [1.29, 1.82) is 0 Å². The lowest BCUT2D eigenvalue weighted by atomic mass is 10.1. The third kappa shape index (κ3) is 2.76. The molecule has 0 radical (unpaired) electrons. The number of aromatic amines is 1. The van der Waals surface area contributed by atoms with Crippen LogP contribution in [0.5, 0.6) is 0 Å². The van der Waals surface area contributed by atoms with Crippen LogP contribution in [0.25, 0.3) is 0 Å². The van der Waals surface area contributed by atoms with Gasteiger partial charge < -0.3 is 0 Å². The van der Waals surface area contributed by atoms with Gasteiger partial charge in [-0.1, -0.05) is 18.2 Å². The van der Waals surface area contributed by atoms with E-state index >= 15 is 0 Å². The molecule has 8 heteroatoms. The first-order chi connectivity index (χ1) is 10.5. The zero-order chi connectivity index (χ0) is 15.7. The Kier molecular flexibility index (Phi) is 3.96. The highest BCUT2D eigenvalue weighted by molar-refractivity contribution is 7.89. The number of nitrogens with one attached hydrogen (secondary N) is 1. The molecule has 0 fully saturated rings. The zero-order valence-electron chi connectivity index (χ0n) is 12.7. The fourth-order valence-electron chi connectivity index (χ4n) is 2.83. The molecule has 2 aromatic rings. The highest BCUT2D eigenvalue weighted by Crippen LogP contribution is 2.26.